The minimum atomic E-state index is -0.395. The Morgan fingerprint density at radius 2 is 1.95 bits per heavy atom. The van der Waals surface area contributed by atoms with Crippen molar-refractivity contribution in [3.05, 3.63) is 29.3 Å². The van der Waals surface area contributed by atoms with Crippen molar-refractivity contribution in [1.82, 2.24) is 0 Å². The van der Waals surface area contributed by atoms with Crippen LogP contribution in [0.5, 0.6) is 5.75 Å². The number of hydrogen-bond donors (Lipinski definition) is 0. The SMILES string of the molecule is CCCC(=O)c1ccc(OCC(=O)OCC)c(C)c1. The maximum absolute atomic E-state index is 11.7. The van der Waals surface area contributed by atoms with Gasteiger partial charge in [-0.15, -0.1) is 0 Å². The number of benzene rings is 1. The molecule has 0 amide bonds. The standard InChI is InChI=1S/C15H20O4/c1-4-6-13(16)12-7-8-14(11(3)9-12)19-10-15(17)18-5-2/h7-9H,4-6,10H2,1-3H3. The van der Waals surface area contributed by atoms with Crippen LogP contribution in [0.4, 0.5) is 0 Å². The fraction of sp³-hybridized carbons (Fsp3) is 0.467. The Bertz CT molecular complexity index is 451. The van der Waals surface area contributed by atoms with Gasteiger partial charge >= 0.3 is 5.97 Å². The minimum absolute atomic E-state index is 0.114. The first-order chi connectivity index (χ1) is 9.08. The number of aryl methyl sites for hydroxylation is 1. The van der Waals surface area contributed by atoms with E-state index < -0.39 is 5.97 Å². The maximum atomic E-state index is 11.7. The number of ketones is 1. The smallest absolute Gasteiger partial charge is 0.344 e. The van der Waals surface area contributed by atoms with Gasteiger partial charge in [0.1, 0.15) is 5.75 Å². The minimum Gasteiger partial charge on any atom is -0.482 e. The first kappa shape index (κ1) is 15.2. The second-order valence-electron chi connectivity index (χ2n) is 4.25. The summed E-state index contributed by atoms with van der Waals surface area (Å²) in [6.45, 7) is 5.80. The highest BCUT2D eigenvalue weighted by atomic mass is 16.6. The van der Waals surface area contributed by atoms with Crippen LogP contribution in [0.2, 0.25) is 0 Å². The summed E-state index contributed by atoms with van der Waals surface area (Å²) in [7, 11) is 0. The van der Waals surface area contributed by atoms with E-state index in [1.54, 1.807) is 25.1 Å². The lowest BCUT2D eigenvalue weighted by Gasteiger charge is -2.09. The van der Waals surface area contributed by atoms with Crippen LogP contribution in [0, 0.1) is 6.92 Å². The monoisotopic (exact) mass is 264 g/mol. The molecule has 0 unspecified atom stereocenters. The van der Waals surface area contributed by atoms with Crippen molar-refractivity contribution in [2.75, 3.05) is 13.2 Å². The molecule has 0 spiro atoms. The Labute approximate surface area is 113 Å². The Balaban J connectivity index is 2.67. The highest BCUT2D eigenvalue weighted by molar-refractivity contribution is 5.96. The van der Waals surface area contributed by atoms with Crippen LogP contribution in [0.1, 0.15) is 42.6 Å². The van der Waals surface area contributed by atoms with Gasteiger partial charge < -0.3 is 9.47 Å². The number of hydrogen-bond acceptors (Lipinski definition) is 4. The molecule has 0 fully saturated rings. The lowest BCUT2D eigenvalue weighted by Crippen LogP contribution is -2.15. The predicted molar refractivity (Wildman–Crippen MR) is 72.5 cm³/mol. The third-order valence-electron chi connectivity index (χ3n) is 2.62. The molecule has 19 heavy (non-hydrogen) atoms. The number of Topliss-reactive ketones (excluding diaryl/α,β-unsaturated/α-hetero) is 1. The van der Waals surface area contributed by atoms with Crippen LogP contribution < -0.4 is 4.74 Å². The number of carbonyl (C=O) groups excluding carboxylic acids is 2. The first-order valence-electron chi connectivity index (χ1n) is 6.50. The van der Waals surface area contributed by atoms with E-state index in [-0.39, 0.29) is 12.4 Å². The van der Waals surface area contributed by atoms with Crippen LogP contribution in [-0.4, -0.2) is 25.0 Å². The van der Waals surface area contributed by atoms with E-state index in [1.165, 1.54) is 0 Å². The van der Waals surface area contributed by atoms with Gasteiger partial charge in [0.05, 0.1) is 6.61 Å². The van der Waals surface area contributed by atoms with Gasteiger partial charge in [0.25, 0.3) is 0 Å². The second kappa shape index (κ2) is 7.56. The van der Waals surface area contributed by atoms with Crippen molar-refractivity contribution in [3.8, 4) is 5.75 Å². The Morgan fingerprint density at radius 1 is 1.21 bits per heavy atom. The highest BCUT2D eigenvalue weighted by Crippen LogP contribution is 2.20. The molecule has 0 aliphatic heterocycles. The molecule has 0 aromatic heterocycles. The van der Waals surface area contributed by atoms with Gasteiger partial charge in [-0.1, -0.05) is 6.92 Å². The second-order valence-corrected chi connectivity index (χ2v) is 4.25. The summed E-state index contributed by atoms with van der Waals surface area (Å²) in [6, 6.07) is 5.24. The molecule has 4 nitrogen and oxygen atoms in total. The summed E-state index contributed by atoms with van der Waals surface area (Å²) in [5.74, 6) is 0.330. The average molecular weight is 264 g/mol. The molecule has 0 bridgehead atoms. The van der Waals surface area contributed by atoms with E-state index in [1.807, 2.05) is 13.8 Å². The van der Waals surface area contributed by atoms with E-state index in [0.717, 1.165) is 12.0 Å². The Kier molecular flexibility index (Phi) is 6.06. The van der Waals surface area contributed by atoms with Crippen molar-refractivity contribution < 1.29 is 19.1 Å². The largest absolute Gasteiger partial charge is 0.482 e. The molecule has 0 aliphatic carbocycles. The molecule has 1 aromatic carbocycles. The van der Waals surface area contributed by atoms with Crippen molar-refractivity contribution in [3.63, 3.8) is 0 Å². The molecule has 0 atom stereocenters. The lowest BCUT2D eigenvalue weighted by atomic mass is 10.0. The molecule has 104 valence electrons. The van der Waals surface area contributed by atoms with Gasteiger partial charge in [-0.2, -0.15) is 0 Å². The normalized spacial score (nSPS) is 10.1. The van der Waals surface area contributed by atoms with E-state index in [0.29, 0.717) is 24.3 Å². The fourth-order valence-electron chi connectivity index (χ4n) is 1.70. The molecular weight excluding hydrogens is 244 g/mol. The van der Waals surface area contributed by atoms with Crippen LogP contribution in [0.25, 0.3) is 0 Å². The zero-order valence-electron chi connectivity index (χ0n) is 11.7. The van der Waals surface area contributed by atoms with Crippen molar-refractivity contribution in [2.24, 2.45) is 0 Å². The summed E-state index contributed by atoms with van der Waals surface area (Å²) in [5.41, 5.74) is 1.52. The van der Waals surface area contributed by atoms with Gasteiger partial charge in [0.2, 0.25) is 0 Å². The van der Waals surface area contributed by atoms with E-state index in [9.17, 15) is 9.59 Å². The quantitative estimate of drug-likeness (QED) is 0.561. The number of esters is 1. The Morgan fingerprint density at radius 3 is 2.53 bits per heavy atom. The average Bonchev–Trinajstić information content (AvgIpc) is 2.38. The third-order valence-corrected chi connectivity index (χ3v) is 2.62. The number of carbonyl (C=O) groups is 2. The summed E-state index contributed by atoms with van der Waals surface area (Å²) < 4.78 is 10.1. The van der Waals surface area contributed by atoms with Gasteiger partial charge in [-0.05, 0) is 44.0 Å². The Hall–Kier alpha value is -1.84. The number of ether oxygens (including phenoxy) is 2. The van der Waals surface area contributed by atoms with Crippen LogP contribution in [-0.2, 0) is 9.53 Å². The molecule has 0 saturated carbocycles. The van der Waals surface area contributed by atoms with Crippen LogP contribution in [0.3, 0.4) is 0 Å². The van der Waals surface area contributed by atoms with Crippen molar-refractivity contribution in [1.29, 1.82) is 0 Å². The summed E-state index contributed by atoms with van der Waals surface area (Å²) in [4.78, 5) is 22.9. The lowest BCUT2D eigenvalue weighted by molar-refractivity contribution is -0.145. The summed E-state index contributed by atoms with van der Waals surface area (Å²) >= 11 is 0. The van der Waals surface area contributed by atoms with E-state index >= 15 is 0 Å². The highest BCUT2D eigenvalue weighted by Gasteiger charge is 2.09. The summed E-state index contributed by atoms with van der Waals surface area (Å²) in [6.07, 6.45) is 1.38. The zero-order chi connectivity index (χ0) is 14.3. The first-order valence-corrected chi connectivity index (χ1v) is 6.50. The third kappa shape index (κ3) is 4.73. The van der Waals surface area contributed by atoms with Crippen molar-refractivity contribution >= 4 is 11.8 Å². The van der Waals surface area contributed by atoms with E-state index in [2.05, 4.69) is 0 Å². The molecule has 0 heterocycles. The zero-order valence-corrected chi connectivity index (χ0v) is 11.7. The molecule has 4 heteroatoms. The molecule has 0 radical (unpaired) electrons. The van der Waals surface area contributed by atoms with Gasteiger partial charge in [0, 0.05) is 12.0 Å². The van der Waals surface area contributed by atoms with Crippen LogP contribution in [0.15, 0.2) is 18.2 Å². The van der Waals surface area contributed by atoms with Gasteiger partial charge in [-0.3, -0.25) is 4.79 Å². The molecule has 0 N–H and O–H groups in total. The van der Waals surface area contributed by atoms with Crippen molar-refractivity contribution in [2.45, 2.75) is 33.6 Å². The molecule has 1 aromatic rings. The molecule has 0 aliphatic rings. The van der Waals surface area contributed by atoms with Gasteiger partial charge in [0.15, 0.2) is 12.4 Å². The molecular formula is C15H20O4. The van der Waals surface area contributed by atoms with E-state index in [4.69, 9.17) is 9.47 Å². The maximum Gasteiger partial charge on any atom is 0.344 e. The fourth-order valence-corrected chi connectivity index (χ4v) is 1.70. The van der Waals surface area contributed by atoms with Crippen LogP contribution >= 0.6 is 0 Å². The topological polar surface area (TPSA) is 52.6 Å². The number of rotatable bonds is 7. The van der Waals surface area contributed by atoms with Gasteiger partial charge in [-0.25, -0.2) is 4.79 Å². The predicted octanol–water partition coefficient (Wildman–Crippen LogP) is 2.92. The summed E-state index contributed by atoms with van der Waals surface area (Å²) in [5, 5.41) is 0. The molecule has 0 saturated heterocycles. The molecule has 1 rings (SSSR count).